The number of hydrogen-bond acceptors (Lipinski definition) is 9. The van der Waals surface area contributed by atoms with Gasteiger partial charge in [0.15, 0.2) is 11.6 Å². The van der Waals surface area contributed by atoms with E-state index >= 15 is 0 Å². The fraction of sp³-hybridized carbons (Fsp3) is 0.633. The summed E-state index contributed by atoms with van der Waals surface area (Å²) in [6, 6.07) is 5.71. The Morgan fingerprint density at radius 3 is 1.90 bits per heavy atom. The highest BCUT2D eigenvalue weighted by molar-refractivity contribution is 5.96. The van der Waals surface area contributed by atoms with E-state index < -0.39 is 54.0 Å². The van der Waals surface area contributed by atoms with Gasteiger partial charge in [0.1, 0.15) is 23.6 Å². The van der Waals surface area contributed by atoms with Gasteiger partial charge in [0, 0.05) is 62.9 Å². The number of aliphatic hydroxyl groups is 1. The van der Waals surface area contributed by atoms with E-state index in [1.165, 1.54) is 107 Å². The molecule has 2 aromatic carbocycles. The van der Waals surface area contributed by atoms with Gasteiger partial charge in [0.25, 0.3) is 0 Å². The lowest BCUT2D eigenvalue weighted by Crippen LogP contribution is -2.53. The van der Waals surface area contributed by atoms with Crippen LogP contribution in [0.2, 0.25) is 0 Å². The second kappa shape index (κ2) is 26.6. The van der Waals surface area contributed by atoms with Gasteiger partial charge in [-0.25, -0.2) is 0 Å². The van der Waals surface area contributed by atoms with Gasteiger partial charge in [-0.3, -0.25) is 28.8 Å². The van der Waals surface area contributed by atoms with Crippen molar-refractivity contribution in [2.75, 3.05) is 20.7 Å². The second-order valence-corrected chi connectivity index (χ2v) is 17.3. The molecule has 4 amide bonds. The molecule has 1 aliphatic rings. The first-order valence-electron chi connectivity index (χ1n) is 23.1. The summed E-state index contributed by atoms with van der Waals surface area (Å²) >= 11 is 0. The Hall–Kier alpha value is -4.78. The molecule has 3 rings (SSSR count). The SMILES string of the molecule is CCCCCCCCCCCCCCCC(=O)N(C)[C@H](CO)C(=O)N[C@H](C)C(=O)CCC(=O)N(C)[C@@H]1C(=O)C[C@@H](CC)C(=O)N[C@H](C)Cc2ccc(O)c(c2)-c2cc1ccc2O. The second-order valence-electron chi connectivity index (χ2n) is 17.3. The molecule has 62 heavy (non-hydrogen) atoms. The van der Waals surface area contributed by atoms with Gasteiger partial charge in [-0.2, -0.15) is 0 Å². The Labute approximate surface area is 369 Å². The number of Topliss-reactive ketones (excluding diaryl/α,β-unsaturated/α-hetero) is 2. The molecular weight excluding hydrogens is 789 g/mol. The van der Waals surface area contributed by atoms with E-state index in [0.717, 1.165) is 24.8 Å². The predicted octanol–water partition coefficient (Wildman–Crippen LogP) is 7.47. The molecule has 344 valence electrons. The van der Waals surface area contributed by atoms with E-state index in [1.54, 1.807) is 18.2 Å². The van der Waals surface area contributed by atoms with Crippen molar-refractivity contribution >= 4 is 35.2 Å². The average molecular weight is 863 g/mol. The molecule has 0 radical (unpaired) electrons. The van der Waals surface area contributed by atoms with Crippen molar-refractivity contribution in [3.8, 4) is 22.6 Å². The number of ketones is 2. The van der Waals surface area contributed by atoms with Crippen molar-refractivity contribution in [2.45, 2.75) is 174 Å². The lowest BCUT2D eigenvalue weighted by atomic mass is 9.88. The molecule has 1 heterocycles. The Morgan fingerprint density at radius 2 is 1.32 bits per heavy atom. The number of nitrogens with zero attached hydrogens (tertiary/aromatic N) is 2. The normalized spacial score (nSPS) is 17.6. The summed E-state index contributed by atoms with van der Waals surface area (Å²) in [5, 5.41) is 37.4. The highest BCUT2D eigenvalue weighted by Gasteiger charge is 2.34. The van der Waals surface area contributed by atoms with Gasteiger partial charge in [-0.15, -0.1) is 0 Å². The molecule has 0 aromatic heterocycles. The quantitative estimate of drug-likeness (QED) is 0.0666. The molecule has 5 atom stereocenters. The molecule has 5 N–H and O–H groups in total. The molecule has 0 saturated carbocycles. The molecule has 0 fully saturated rings. The van der Waals surface area contributed by atoms with E-state index in [1.807, 2.05) is 13.8 Å². The summed E-state index contributed by atoms with van der Waals surface area (Å²) in [6.07, 6.45) is 15.7. The Kier molecular flexibility index (Phi) is 22.2. The van der Waals surface area contributed by atoms with Gasteiger partial charge in [0.2, 0.25) is 23.6 Å². The number of aromatic hydroxyl groups is 2. The fourth-order valence-electron chi connectivity index (χ4n) is 8.22. The molecular formula is C49H74N4O9. The molecule has 4 bridgehead atoms. The van der Waals surface area contributed by atoms with Crippen molar-refractivity contribution in [1.29, 1.82) is 0 Å². The number of likely N-dealkylation sites (N-methyl/N-ethyl adjacent to an activating group) is 2. The number of phenolic OH excluding ortho intramolecular Hbond substituents is 2. The number of aliphatic hydroxyl groups excluding tert-OH is 1. The maximum atomic E-state index is 14.1. The van der Waals surface area contributed by atoms with Gasteiger partial charge in [0.05, 0.1) is 12.6 Å². The van der Waals surface area contributed by atoms with Crippen LogP contribution in [0.4, 0.5) is 0 Å². The molecule has 13 heteroatoms. The zero-order chi connectivity index (χ0) is 45.8. The third-order valence-electron chi connectivity index (χ3n) is 12.3. The van der Waals surface area contributed by atoms with E-state index in [9.17, 15) is 44.1 Å². The van der Waals surface area contributed by atoms with Crippen LogP contribution in [0.3, 0.4) is 0 Å². The zero-order valence-corrected chi connectivity index (χ0v) is 38.2. The van der Waals surface area contributed by atoms with E-state index in [2.05, 4.69) is 17.6 Å². The van der Waals surface area contributed by atoms with Gasteiger partial charge >= 0.3 is 0 Å². The van der Waals surface area contributed by atoms with Gasteiger partial charge in [-0.05, 0) is 68.5 Å². The predicted molar refractivity (Wildman–Crippen MR) is 241 cm³/mol. The number of amides is 4. The van der Waals surface area contributed by atoms with Crippen molar-refractivity contribution < 1.29 is 44.1 Å². The Morgan fingerprint density at radius 1 is 0.758 bits per heavy atom. The minimum Gasteiger partial charge on any atom is -0.507 e. The number of carbonyl (C=O) groups excluding carboxylic acids is 6. The lowest BCUT2D eigenvalue weighted by Gasteiger charge is -2.30. The molecule has 0 saturated heterocycles. The van der Waals surface area contributed by atoms with Crippen molar-refractivity contribution in [3.63, 3.8) is 0 Å². The third kappa shape index (κ3) is 15.8. The van der Waals surface area contributed by atoms with Crippen LogP contribution < -0.4 is 10.6 Å². The van der Waals surface area contributed by atoms with E-state index in [-0.39, 0.29) is 60.6 Å². The Balaban J connectivity index is 1.59. The summed E-state index contributed by atoms with van der Waals surface area (Å²) < 4.78 is 0. The zero-order valence-electron chi connectivity index (χ0n) is 38.2. The summed E-state index contributed by atoms with van der Waals surface area (Å²) in [5.41, 5.74) is 1.73. The average Bonchev–Trinajstić information content (AvgIpc) is 3.24. The van der Waals surface area contributed by atoms with E-state index in [4.69, 9.17) is 0 Å². The highest BCUT2D eigenvalue weighted by atomic mass is 16.3. The molecule has 0 aliphatic carbocycles. The number of hydrogen-bond donors (Lipinski definition) is 5. The van der Waals surface area contributed by atoms with Crippen LogP contribution in [0.1, 0.15) is 160 Å². The number of nitrogens with one attached hydrogen (secondary N) is 2. The summed E-state index contributed by atoms with van der Waals surface area (Å²) in [4.78, 5) is 83.1. The molecule has 2 aromatic rings. The van der Waals surface area contributed by atoms with Crippen LogP contribution in [0, 0.1) is 5.92 Å². The minimum absolute atomic E-state index is 0.100. The number of rotatable bonds is 24. The number of fused-ring (bicyclic) bond motifs is 5. The van der Waals surface area contributed by atoms with Crippen LogP contribution in [0.25, 0.3) is 11.1 Å². The van der Waals surface area contributed by atoms with Gasteiger partial charge < -0.3 is 35.8 Å². The maximum Gasteiger partial charge on any atom is 0.245 e. The Bertz CT molecular complexity index is 1800. The number of carbonyl (C=O) groups is 6. The van der Waals surface area contributed by atoms with Crippen LogP contribution in [0.15, 0.2) is 36.4 Å². The topological polar surface area (TPSA) is 194 Å². The molecule has 13 nitrogen and oxygen atoms in total. The van der Waals surface area contributed by atoms with E-state index in [0.29, 0.717) is 30.4 Å². The summed E-state index contributed by atoms with van der Waals surface area (Å²) in [7, 11) is 2.90. The van der Waals surface area contributed by atoms with Crippen LogP contribution in [-0.4, -0.2) is 99.1 Å². The summed E-state index contributed by atoms with van der Waals surface area (Å²) in [5.74, 6) is -3.60. The number of unbranched alkanes of at least 4 members (excludes halogenated alkanes) is 12. The van der Waals surface area contributed by atoms with Crippen molar-refractivity contribution in [2.24, 2.45) is 5.92 Å². The number of phenols is 2. The largest absolute Gasteiger partial charge is 0.507 e. The van der Waals surface area contributed by atoms with Crippen LogP contribution >= 0.6 is 0 Å². The molecule has 0 spiro atoms. The highest BCUT2D eigenvalue weighted by Crippen LogP contribution is 2.39. The first kappa shape index (κ1) is 51.6. The fourth-order valence-corrected chi connectivity index (χ4v) is 8.22. The summed E-state index contributed by atoms with van der Waals surface area (Å²) in [6.45, 7) is 6.73. The molecule has 0 unspecified atom stereocenters. The molecule has 1 aliphatic heterocycles. The monoisotopic (exact) mass is 863 g/mol. The van der Waals surface area contributed by atoms with Crippen LogP contribution in [0.5, 0.6) is 11.5 Å². The first-order valence-corrected chi connectivity index (χ1v) is 23.1. The first-order chi connectivity index (χ1) is 29.6. The smallest absolute Gasteiger partial charge is 0.245 e. The van der Waals surface area contributed by atoms with Gasteiger partial charge in [-0.1, -0.05) is 103 Å². The van der Waals surface area contributed by atoms with Crippen LogP contribution in [-0.2, 0) is 35.2 Å². The third-order valence-corrected chi connectivity index (χ3v) is 12.3. The standard InChI is InChI=1S/C49H74N4O9/c1-7-9-10-11-12-13-14-15-16-17-18-19-20-21-45(59)52(5)40(32-54)49(62)51-34(4)41(55)26-27-46(60)53(6)47-37-23-25-43(57)39(30-37)38-29-35(22-24-42(38)56)28-33(3)50-48(61)36(8-2)31-44(47)58/h22-25,29-30,33-34,36,40,47,54,56-57H,7-21,26-28,31-32H2,1-6H3,(H,50,61)(H,51,62)/t33-,34-,36-,40-,47+/m1/s1. The maximum absolute atomic E-state index is 14.1. The lowest BCUT2D eigenvalue weighted by molar-refractivity contribution is -0.142. The van der Waals surface area contributed by atoms with Crippen molar-refractivity contribution in [1.82, 2.24) is 20.4 Å². The van der Waals surface area contributed by atoms with Crippen molar-refractivity contribution in [3.05, 3.63) is 47.5 Å². The number of benzene rings is 2. The minimum atomic E-state index is -1.19.